The number of ether oxygens (including phenoxy) is 2. The maximum absolute atomic E-state index is 13.9. The first-order valence-electron chi connectivity index (χ1n) is 12.6. The average Bonchev–Trinajstić information content (AvgIpc) is 3.39. The van der Waals surface area contributed by atoms with Crippen LogP contribution in [-0.2, 0) is 21.3 Å². The summed E-state index contributed by atoms with van der Waals surface area (Å²) in [7, 11) is 3.55. The lowest BCUT2D eigenvalue weighted by atomic mass is 9.93. The predicted molar refractivity (Wildman–Crippen MR) is 150 cm³/mol. The summed E-state index contributed by atoms with van der Waals surface area (Å²) in [5, 5.41) is 1.07. The molecule has 0 radical (unpaired) electrons. The van der Waals surface area contributed by atoms with Crippen molar-refractivity contribution >= 4 is 34.3 Å². The number of para-hydroxylation sites is 1. The molecule has 5 rings (SSSR count). The Morgan fingerprint density at radius 1 is 1.13 bits per heavy atom. The first kappa shape index (κ1) is 25.9. The molecule has 0 fully saturated rings. The maximum atomic E-state index is 13.9. The molecule has 8 heteroatoms. The second-order valence-electron chi connectivity index (χ2n) is 9.74. The summed E-state index contributed by atoms with van der Waals surface area (Å²) in [4.78, 5) is 32.5. The summed E-state index contributed by atoms with van der Waals surface area (Å²) in [5.74, 6) is -0.132. The van der Waals surface area contributed by atoms with Gasteiger partial charge in [-0.2, -0.15) is 0 Å². The van der Waals surface area contributed by atoms with Crippen LogP contribution in [0.4, 0.5) is 0 Å². The van der Waals surface area contributed by atoms with Gasteiger partial charge in [0, 0.05) is 36.8 Å². The molecule has 4 aromatic rings. The van der Waals surface area contributed by atoms with E-state index >= 15 is 0 Å². The van der Waals surface area contributed by atoms with Crippen molar-refractivity contribution in [2.24, 2.45) is 12.0 Å². The number of hydrogen-bond donors (Lipinski definition) is 0. The van der Waals surface area contributed by atoms with Crippen LogP contribution >= 0.6 is 11.3 Å². The molecule has 0 spiro atoms. The number of benzene rings is 2. The van der Waals surface area contributed by atoms with Crippen LogP contribution in [0, 0.1) is 0 Å². The van der Waals surface area contributed by atoms with E-state index in [0.29, 0.717) is 26.5 Å². The standard InChI is InChI=1S/C30H31N3O4S/c1-18(2)20-10-12-21(13-11-20)27-26(29(35)37-15-14-36-5)19(3)31-30-33(27)28(34)25(38-30)16-22-17-32(4)24-9-7-6-8-23(22)24/h6-13,16-18,27H,14-15H2,1-5H3. The molecule has 0 saturated carbocycles. The molecule has 0 amide bonds. The van der Waals surface area contributed by atoms with Crippen molar-refractivity contribution in [3.8, 4) is 0 Å². The van der Waals surface area contributed by atoms with Crippen LogP contribution in [-0.4, -0.2) is 35.4 Å². The molecule has 2 aromatic carbocycles. The van der Waals surface area contributed by atoms with Crippen LogP contribution in [0.1, 0.15) is 49.4 Å². The lowest BCUT2D eigenvalue weighted by Gasteiger charge is -2.25. The molecule has 1 atom stereocenters. The molecule has 0 aliphatic carbocycles. The monoisotopic (exact) mass is 529 g/mol. The van der Waals surface area contributed by atoms with Gasteiger partial charge in [-0.3, -0.25) is 9.36 Å². The Labute approximate surface area is 225 Å². The number of nitrogens with zero attached hydrogens (tertiary/aromatic N) is 3. The van der Waals surface area contributed by atoms with Gasteiger partial charge in [0.15, 0.2) is 4.80 Å². The number of esters is 1. The fourth-order valence-electron chi connectivity index (χ4n) is 4.89. The zero-order chi connectivity index (χ0) is 27.0. The molecule has 196 valence electrons. The van der Waals surface area contributed by atoms with E-state index in [1.807, 2.05) is 43.6 Å². The van der Waals surface area contributed by atoms with Gasteiger partial charge in [0.25, 0.3) is 5.56 Å². The molecule has 38 heavy (non-hydrogen) atoms. The van der Waals surface area contributed by atoms with Crippen LogP contribution in [0.5, 0.6) is 0 Å². The Morgan fingerprint density at radius 3 is 2.58 bits per heavy atom. The number of carbonyl (C=O) groups excluding carboxylic acids is 1. The van der Waals surface area contributed by atoms with Gasteiger partial charge in [-0.05, 0) is 36.1 Å². The van der Waals surface area contributed by atoms with Gasteiger partial charge in [0.2, 0.25) is 0 Å². The normalized spacial score (nSPS) is 15.7. The summed E-state index contributed by atoms with van der Waals surface area (Å²) in [6.45, 7) is 6.47. The zero-order valence-electron chi connectivity index (χ0n) is 22.2. The van der Waals surface area contributed by atoms with Gasteiger partial charge in [-0.1, -0.05) is 67.6 Å². The van der Waals surface area contributed by atoms with E-state index in [1.165, 1.54) is 16.9 Å². The molecule has 0 bridgehead atoms. The van der Waals surface area contributed by atoms with Gasteiger partial charge in [0.1, 0.15) is 6.61 Å². The minimum Gasteiger partial charge on any atom is -0.460 e. The van der Waals surface area contributed by atoms with Crippen molar-refractivity contribution in [2.45, 2.75) is 32.7 Å². The van der Waals surface area contributed by atoms with E-state index in [-0.39, 0.29) is 18.8 Å². The van der Waals surface area contributed by atoms with Crippen LogP contribution < -0.4 is 14.9 Å². The number of aryl methyl sites for hydroxylation is 1. The zero-order valence-corrected chi connectivity index (χ0v) is 23.0. The highest BCUT2D eigenvalue weighted by atomic mass is 32.1. The number of thiazole rings is 1. The lowest BCUT2D eigenvalue weighted by Crippen LogP contribution is -2.40. The highest BCUT2D eigenvalue weighted by molar-refractivity contribution is 7.07. The van der Waals surface area contributed by atoms with Crippen molar-refractivity contribution < 1.29 is 14.3 Å². The van der Waals surface area contributed by atoms with Crippen LogP contribution in [0.2, 0.25) is 0 Å². The molecule has 3 heterocycles. The number of fused-ring (bicyclic) bond motifs is 2. The fraction of sp³-hybridized carbons (Fsp3) is 0.300. The van der Waals surface area contributed by atoms with Gasteiger partial charge < -0.3 is 14.0 Å². The first-order chi connectivity index (χ1) is 18.3. The average molecular weight is 530 g/mol. The Hall–Kier alpha value is -3.75. The molecule has 0 saturated heterocycles. The van der Waals surface area contributed by atoms with Crippen molar-refractivity contribution in [3.63, 3.8) is 0 Å². The first-order valence-corrected chi connectivity index (χ1v) is 13.4. The fourth-order valence-corrected chi connectivity index (χ4v) is 5.92. The highest BCUT2D eigenvalue weighted by Gasteiger charge is 2.33. The summed E-state index contributed by atoms with van der Waals surface area (Å²) in [5.41, 5.74) is 4.79. The molecule has 7 nitrogen and oxygen atoms in total. The summed E-state index contributed by atoms with van der Waals surface area (Å²) in [6.07, 6.45) is 3.94. The second-order valence-corrected chi connectivity index (χ2v) is 10.8. The molecule has 2 aromatic heterocycles. The molecule has 1 unspecified atom stereocenters. The van der Waals surface area contributed by atoms with E-state index < -0.39 is 12.0 Å². The lowest BCUT2D eigenvalue weighted by molar-refractivity contribution is -0.140. The Kier molecular flexibility index (Phi) is 7.19. The third-order valence-corrected chi connectivity index (χ3v) is 7.88. The van der Waals surface area contributed by atoms with Crippen molar-refractivity contribution in [2.75, 3.05) is 20.3 Å². The third kappa shape index (κ3) is 4.66. The van der Waals surface area contributed by atoms with Crippen molar-refractivity contribution in [1.82, 2.24) is 9.13 Å². The van der Waals surface area contributed by atoms with Crippen molar-refractivity contribution in [3.05, 3.63) is 102 Å². The number of allylic oxidation sites excluding steroid dienone is 1. The maximum Gasteiger partial charge on any atom is 0.338 e. The smallest absolute Gasteiger partial charge is 0.338 e. The number of hydrogen-bond acceptors (Lipinski definition) is 6. The number of rotatable bonds is 7. The van der Waals surface area contributed by atoms with E-state index in [4.69, 9.17) is 14.5 Å². The Morgan fingerprint density at radius 2 is 1.87 bits per heavy atom. The molecule has 0 N–H and O–H groups in total. The van der Waals surface area contributed by atoms with E-state index in [9.17, 15) is 9.59 Å². The quantitative estimate of drug-likeness (QED) is 0.268. The number of methoxy groups -OCH3 is 1. The number of aromatic nitrogens is 2. The van der Waals surface area contributed by atoms with Gasteiger partial charge in [-0.15, -0.1) is 0 Å². The molecule has 1 aliphatic heterocycles. The largest absolute Gasteiger partial charge is 0.460 e. The Bertz CT molecular complexity index is 1720. The summed E-state index contributed by atoms with van der Waals surface area (Å²) in [6, 6.07) is 15.5. The van der Waals surface area contributed by atoms with Gasteiger partial charge in [0.05, 0.1) is 28.5 Å². The topological polar surface area (TPSA) is 74.8 Å². The highest BCUT2D eigenvalue weighted by Crippen LogP contribution is 2.31. The second kappa shape index (κ2) is 10.6. The summed E-state index contributed by atoms with van der Waals surface area (Å²) < 4.78 is 14.8. The van der Waals surface area contributed by atoms with Crippen molar-refractivity contribution in [1.29, 1.82) is 0 Å². The predicted octanol–water partition coefficient (Wildman–Crippen LogP) is 4.04. The molecule has 1 aliphatic rings. The molecular weight excluding hydrogens is 498 g/mol. The Balaban J connectivity index is 1.68. The van der Waals surface area contributed by atoms with E-state index in [1.54, 1.807) is 18.6 Å². The summed E-state index contributed by atoms with van der Waals surface area (Å²) >= 11 is 1.33. The van der Waals surface area contributed by atoms with Crippen LogP contribution in [0.25, 0.3) is 17.0 Å². The van der Waals surface area contributed by atoms with Gasteiger partial charge >= 0.3 is 5.97 Å². The van der Waals surface area contributed by atoms with E-state index in [0.717, 1.165) is 22.0 Å². The minimum atomic E-state index is -0.642. The van der Waals surface area contributed by atoms with Crippen LogP contribution in [0.15, 0.2) is 75.8 Å². The minimum absolute atomic E-state index is 0.122. The van der Waals surface area contributed by atoms with Gasteiger partial charge in [-0.25, -0.2) is 9.79 Å². The SMILES string of the molecule is COCCOC(=O)C1=C(C)N=c2sc(=Cc3cn(C)c4ccccc34)c(=O)n2C1c1ccc(C(C)C)cc1. The third-order valence-electron chi connectivity index (χ3n) is 6.90. The number of carbonyl (C=O) groups is 1. The van der Waals surface area contributed by atoms with E-state index in [2.05, 4.69) is 42.7 Å². The molecular formula is C30H31N3O4S. The van der Waals surface area contributed by atoms with Crippen LogP contribution in [0.3, 0.4) is 0 Å².